The first-order chi connectivity index (χ1) is 12.7. The Labute approximate surface area is 165 Å². The summed E-state index contributed by atoms with van der Waals surface area (Å²) < 4.78 is 11.2. The van der Waals surface area contributed by atoms with Crippen LogP contribution in [0.3, 0.4) is 0 Å². The predicted octanol–water partition coefficient (Wildman–Crippen LogP) is 3.27. The summed E-state index contributed by atoms with van der Waals surface area (Å²) in [6, 6.07) is 11.8. The lowest BCUT2D eigenvalue weighted by Crippen LogP contribution is -2.40. The molecule has 1 saturated heterocycles. The number of hydrogen-bond acceptors (Lipinski definition) is 5. The summed E-state index contributed by atoms with van der Waals surface area (Å²) in [6.45, 7) is 4.11. The number of nitrogens with one attached hydrogen (secondary N) is 2. The number of anilines is 1. The van der Waals surface area contributed by atoms with Crippen LogP contribution in [0, 0.1) is 5.92 Å². The summed E-state index contributed by atoms with van der Waals surface area (Å²) in [4.78, 5) is 17.1. The van der Waals surface area contributed by atoms with Crippen molar-refractivity contribution in [3.63, 3.8) is 0 Å². The summed E-state index contributed by atoms with van der Waals surface area (Å²) >= 11 is 0. The SMILES string of the molecule is C[C@H]1C[C@@H](C(=O)Nc2cccc(-c3ccc4c(c3)OCCO4)n2)CCN1.Cl. The number of nitrogens with zero attached hydrogens (tertiary/aromatic N) is 1. The van der Waals surface area contributed by atoms with Crippen molar-refractivity contribution in [3.05, 3.63) is 36.4 Å². The predicted molar refractivity (Wildman–Crippen MR) is 107 cm³/mol. The molecular weight excluding hydrogens is 366 g/mol. The van der Waals surface area contributed by atoms with Gasteiger partial charge in [-0.15, -0.1) is 12.4 Å². The number of pyridine rings is 1. The molecule has 7 heteroatoms. The number of carbonyl (C=O) groups excluding carboxylic acids is 1. The fourth-order valence-corrected chi connectivity index (χ4v) is 3.47. The highest BCUT2D eigenvalue weighted by atomic mass is 35.5. The Kier molecular flexibility index (Phi) is 6.19. The first-order valence-corrected chi connectivity index (χ1v) is 9.10. The van der Waals surface area contributed by atoms with Crippen LogP contribution in [0.15, 0.2) is 36.4 Å². The van der Waals surface area contributed by atoms with Gasteiger partial charge in [0, 0.05) is 17.5 Å². The number of halogens is 1. The van der Waals surface area contributed by atoms with Gasteiger partial charge in [-0.2, -0.15) is 0 Å². The number of aromatic nitrogens is 1. The Morgan fingerprint density at radius 1 is 1.19 bits per heavy atom. The molecule has 2 aromatic rings. The second kappa shape index (κ2) is 8.59. The quantitative estimate of drug-likeness (QED) is 0.842. The average molecular weight is 390 g/mol. The van der Waals surface area contributed by atoms with Crippen LogP contribution in [-0.4, -0.2) is 36.7 Å². The van der Waals surface area contributed by atoms with E-state index in [0.29, 0.717) is 25.1 Å². The van der Waals surface area contributed by atoms with Crippen molar-refractivity contribution in [1.29, 1.82) is 0 Å². The molecule has 2 aliphatic rings. The third kappa shape index (κ3) is 4.51. The second-order valence-electron chi connectivity index (χ2n) is 6.83. The smallest absolute Gasteiger partial charge is 0.228 e. The topological polar surface area (TPSA) is 72.5 Å². The molecule has 1 aromatic heterocycles. The van der Waals surface area contributed by atoms with E-state index in [1.165, 1.54) is 0 Å². The van der Waals surface area contributed by atoms with E-state index < -0.39 is 0 Å². The minimum absolute atomic E-state index is 0. The van der Waals surface area contributed by atoms with Crippen molar-refractivity contribution in [2.45, 2.75) is 25.8 Å². The number of ether oxygens (including phenoxy) is 2. The number of piperidine rings is 1. The van der Waals surface area contributed by atoms with E-state index in [0.717, 1.165) is 42.1 Å². The van der Waals surface area contributed by atoms with Crippen LogP contribution in [0.2, 0.25) is 0 Å². The number of amides is 1. The van der Waals surface area contributed by atoms with Gasteiger partial charge in [0.2, 0.25) is 5.91 Å². The fourth-order valence-electron chi connectivity index (χ4n) is 3.47. The van der Waals surface area contributed by atoms with Gasteiger partial charge < -0.3 is 20.1 Å². The molecule has 144 valence electrons. The zero-order valence-electron chi connectivity index (χ0n) is 15.2. The maximum atomic E-state index is 12.5. The van der Waals surface area contributed by atoms with Crippen LogP contribution >= 0.6 is 12.4 Å². The molecule has 0 bridgehead atoms. The molecule has 0 aliphatic carbocycles. The monoisotopic (exact) mass is 389 g/mol. The van der Waals surface area contributed by atoms with Gasteiger partial charge in [0.25, 0.3) is 0 Å². The zero-order valence-corrected chi connectivity index (χ0v) is 16.1. The molecule has 4 rings (SSSR count). The van der Waals surface area contributed by atoms with Gasteiger partial charge in [-0.1, -0.05) is 6.07 Å². The molecule has 1 aromatic carbocycles. The van der Waals surface area contributed by atoms with Crippen molar-refractivity contribution in [1.82, 2.24) is 10.3 Å². The van der Waals surface area contributed by atoms with Crippen molar-refractivity contribution in [2.24, 2.45) is 5.92 Å². The maximum absolute atomic E-state index is 12.5. The van der Waals surface area contributed by atoms with Crippen molar-refractivity contribution in [3.8, 4) is 22.8 Å². The van der Waals surface area contributed by atoms with Crippen LogP contribution in [0.5, 0.6) is 11.5 Å². The third-order valence-electron chi connectivity index (χ3n) is 4.83. The van der Waals surface area contributed by atoms with E-state index >= 15 is 0 Å². The van der Waals surface area contributed by atoms with E-state index in [4.69, 9.17) is 9.47 Å². The molecule has 1 fully saturated rings. The van der Waals surface area contributed by atoms with E-state index in [2.05, 4.69) is 22.5 Å². The van der Waals surface area contributed by atoms with Crippen LogP contribution in [0.4, 0.5) is 5.82 Å². The van der Waals surface area contributed by atoms with Crippen molar-refractivity contribution < 1.29 is 14.3 Å². The van der Waals surface area contributed by atoms with Gasteiger partial charge in [0.05, 0.1) is 5.69 Å². The van der Waals surface area contributed by atoms with Crippen LogP contribution in [-0.2, 0) is 4.79 Å². The second-order valence-corrected chi connectivity index (χ2v) is 6.83. The summed E-state index contributed by atoms with van der Waals surface area (Å²) in [6.07, 6.45) is 1.71. The lowest BCUT2D eigenvalue weighted by Gasteiger charge is -2.27. The normalized spacial score (nSPS) is 21.1. The van der Waals surface area contributed by atoms with Gasteiger partial charge in [-0.05, 0) is 56.6 Å². The Morgan fingerprint density at radius 2 is 2.00 bits per heavy atom. The number of benzene rings is 1. The molecule has 2 N–H and O–H groups in total. The van der Waals surface area contributed by atoms with E-state index in [9.17, 15) is 4.79 Å². The van der Waals surface area contributed by atoms with E-state index in [1.54, 1.807) is 0 Å². The van der Waals surface area contributed by atoms with Gasteiger partial charge in [0.15, 0.2) is 11.5 Å². The number of hydrogen-bond donors (Lipinski definition) is 2. The van der Waals surface area contributed by atoms with Crippen molar-refractivity contribution in [2.75, 3.05) is 25.1 Å². The van der Waals surface area contributed by atoms with Crippen LogP contribution in [0.25, 0.3) is 11.3 Å². The Morgan fingerprint density at radius 3 is 2.81 bits per heavy atom. The summed E-state index contributed by atoms with van der Waals surface area (Å²) in [7, 11) is 0. The number of rotatable bonds is 3. The highest BCUT2D eigenvalue weighted by Crippen LogP contribution is 2.34. The van der Waals surface area contributed by atoms with Crippen molar-refractivity contribution >= 4 is 24.1 Å². The van der Waals surface area contributed by atoms with E-state index in [-0.39, 0.29) is 24.2 Å². The first kappa shape index (κ1) is 19.5. The average Bonchev–Trinajstić information content (AvgIpc) is 2.68. The molecule has 2 atom stereocenters. The first-order valence-electron chi connectivity index (χ1n) is 9.10. The van der Waals surface area contributed by atoms with Gasteiger partial charge in [-0.25, -0.2) is 4.98 Å². The molecule has 2 aliphatic heterocycles. The molecule has 1 amide bonds. The van der Waals surface area contributed by atoms with Gasteiger partial charge in [0.1, 0.15) is 19.0 Å². The molecule has 3 heterocycles. The third-order valence-corrected chi connectivity index (χ3v) is 4.83. The Balaban J connectivity index is 0.00000210. The standard InChI is InChI=1S/C20H23N3O3.ClH/c1-13-11-15(7-8-21-13)20(24)23-19-4-2-3-16(22-19)14-5-6-17-18(12-14)26-10-9-25-17;/h2-6,12-13,15,21H,7-11H2,1H3,(H,22,23,24);1H/t13-,15-;/m0./s1. The lowest BCUT2D eigenvalue weighted by atomic mass is 9.92. The van der Waals surface area contributed by atoms with Crippen LogP contribution < -0.4 is 20.1 Å². The van der Waals surface area contributed by atoms with Gasteiger partial charge in [-0.3, -0.25) is 4.79 Å². The largest absolute Gasteiger partial charge is 0.486 e. The van der Waals surface area contributed by atoms with E-state index in [1.807, 2.05) is 36.4 Å². The summed E-state index contributed by atoms with van der Waals surface area (Å²) in [5.41, 5.74) is 1.72. The molecular formula is C20H24ClN3O3. The molecule has 0 radical (unpaired) electrons. The lowest BCUT2D eigenvalue weighted by molar-refractivity contribution is -0.120. The number of carbonyl (C=O) groups is 1. The van der Waals surface area contributed by atoms with Crippen LogP contribution in [0.1, 0.15) is 19.8 Å². The molecule has 0 saturated carbocycles. The zero-order chi connectivity index (χ0) is 17.9. The molecule has 27 heavy (non-hydrogen) atoms. The molecule has 6 nitrogen and oxygen atoms in total. The number of fused-ring (bicyclic) bond motifs is 1. The minimum atomic E-state index is 0. The summed E-state index contributed by atoms with van der Waals surface area (Å²) in [5, 5.41) is 6.34. The minimum Gasteiger partial charge on any atom is -0.486 e. The van der Waals surface area contributed by atoms with Gasteiger partial charge >= 0.3 is 0 Å². The highest BCUT2D eigenvalue weighted by molar-refractivity contribution is 5.92. The highest BCUT2D eigenvalue weighted by Gasteiger charge is 2.25. The molecule has 0 spiro atoms. The molecule has 0 unspecified atom stereocenters. The Hall–Kier alpha value is -2.31. The Bertz CT molecular complexity index is 815. The fraction of sp³-hybridized carbons (Fsp3) is 0.400. The maximum Gasteiger partial charge on any atom is 0.228 e. The summed E-state index contributed by atoms with van der Waals surface area (Å²) in [5.74, 6) is 2.14.